The Morgan fingerprint density at radius 2 is 2.06 bits per heavy atom. The molecule has 0 heterocycles. The summed E-state index contributed by atoms with van der Waals surface area (Å²) < 4.78 is 37.5. The van der Waals surface area contributed by atoms with Crippen molar-refractivity contribution < 1.29 is 23.1 Å². The monoisotopic (exact) mass is 259 g/mol. The number of carboxylic acid groups (broad SMARTS) is 1. The summed E-state index contributed by atoms with van der Waals surface area (Å²) in [7, 11) is 0. The zero-order valence-electron chi connectivity index (χ0n) is 9.64. The molecule has 0 unspecified atom stereocenters. The van der Waals surface area contributed by atoms with Crippen molar-refractivity contribution in [2.45, 2.75) is 13.1 Å². The summed E-state index contributed by atoms with van der Waals surface area (Å²) >= 11 is 0. The van der Waals surface area contributed by atoms with Gasteiger partial charge in [0.1, 0.15) is 0 Å². The van der Waals surface area contributed by atoms with E-state index in [2.05, 4.69) is 11.9 Å². The largest absolute Gasteiger partial charge is 0.478 e. The van der Waals surface area contributed by atoms with Crippen LogP contribution in [0.25, 0.3) is 0 Å². The third kappa shape index (κ3) is 3.51. The summed E-state index contributed by atoms with van der Waals surface area (Å²) in [6.45, 7) is 4.80. The maximum atomic E-state index is 12.5. The van der Waals surface area contributed by atoms with E-state index in [0.717, 1.165) is 12.1 Å². The molecule has 0 fully saturated rings. The lowest BCUT2D eigenvalue weighted by atomic mass is 10.1. The number of hydrogen-bond acceptors (Lipinski definition) is 2. The lowest BCUT2D eigenvalue weighted by molar-refractivity contribution is -0.137. The van der Waals surface area contributed by atoms with E-state index in [4.69, 9.17) is 5.11 Å². The highest BCUT2D eigenvalue weighted by Crippen LogP contribution is 2.32. The third-order valence-electron chi connectivity index (χ3n) is 2.36. The number of aliphatic carboxylic acids is 1. The van der Waals surface area contributed by atoms with Gasteiger partial charge in [-0.15, -0.1) is 0 Å². The first-order valence-corrected chi connectivity index (χ1v) is 5.04. The van der Waals surface area contributed by atoms with Gasteiger partial charge >= 0.3 is 12.1 Å². The third-order valence-corrected chi connectivity index (χ3v) is 2.36. The summed E-state index contributed by atoms with van der Waals surface area (Å²) in [5, 5.41) is 11.2. The number of alkyl halides is 3. The Balaban J connectivity index is 2.89. The smallest absolute Gasteiger partial charge is 0.416 e. The van der Waals surface area contributed by atoms with Crippen LogP contribution in [0, 0.1) is 6.92 Å². The molecule has 0 aliphatic rings. The predicted octanol–water partition coefficient (Wildman–Crippen LogP) is 3.07. The number of carboxylic acids is 1. The number of carbonyl (C=O) groups is 1. The molecule has 0 bridgehead atoms. The van der Waals surface area contributed by atoms with E-state index in [9.17, 15) is 18.0 Å². The van der Waals surface area contributed by atoms with E-state index in [1.807, 2.05) is 0 Å². The summed E-state index contributed by atoms with van der Waals surface area (Å²) in [6.07, 6.45) is -4.42. The lowest BCUT2D eigenvalue weighted by Gasteiger charge is -2.13. The summed E-state index contributed by atoms with van der Waals surface area (Å²) in [6, 6.07) is 3.26. The SMILES string of the molecule is C=C(CNc1cc(C(F)(F)F)ccc1C)C(=O)O. The van der Waals surface area contributed by atoms with Crippen LogP contribution in [-0.4, -0.2) is 17.6 Å². The maximum Gasteiger partial charge on any atom is 0.416 e. The predicted molar refractivity (Wildman–Crippen MR) is 61.4 cm³/mol. The van der Waals surface area contributed by atoms with Crippen molar-refractivity contribution in [2.24, 2.45) is 0 Å². The fourth-order valence-electron chi connectivity index (χ4n) is 1.27. The van der Waals surface area contributed by atoms with Crippen LogP contribution in [0.5, 0.6) is 0 Å². The minimum Gasteiger partial charge on any atom is -0.478 e. The van der Waals surface area contributed by atoms with Crippen molar-refractivity contribution >= 4 is 11.7 Å². The van der Waals surface area contributed by atoms with Gasteiger partial charge in [-0.2, -0.15) is 13.2 Å². The fraction of sp³-hybridized carbons (Fsp3) is 0.250. The van der Waals surface area contributed by atoms with Crippen LogP contribution in [0.4, 0.5) is 18.9 Å². The van der Waals surface area contributed by atoms with Gasteiger partial charge in [-0.1, -0.05) is 12.6 Å². The normalized spacial score (nSPS) is 11.1. The first-order valence-electron chi connectivity index (χ1n) is 5.04. The summed E-state index contributed by atoms with van der Waals surface area (Å²) in [5.74, 6) is -1.19. The van der Waals surface area contributed by atoms with Gasteiger partial charge in [-0.25, -0.2) is 4.79 Å². The lowest BCUT2D eigenvalue weighted by Crippen LogP contribution is -2.13. The van der Waals surface area contributed by atoms with E-state index in [-0.39, 0.29) is 17.8 Å². The van der Waals surface area contributed by atoms with Crippen molar-refractivity contribution in [3.8, 4) is 0 Å². The Kier molecular flexibility index (Phi) is 4.00. The zero-order valence-corrected chi connectivity index (χ0v) is 9.64. The number of aryl methyl sites for hydroxylation is 1. The minimum atomic E-state index is -4.42. The van der Waals surface area contributed by atoms with Crippen molar-refractivity contribution in [2.75, 3.05) is 11.9 Å². The number of halogens is 3. The molecule has 0 aliphatic carbocycles. The Morgan fingerprint density at radius 3 is 2.56 bits per heavy atom. The molecule has 1 rings (SSSR count). The molecule has 1 aromatic rings. The first-order chi connectivity index (χ1) is 8.21. The average Bonchev–Trinajstić information content (AvgIpc) is 2.25. The van der Waals surface area contributed by atoms with Gasteiger partial charge in [-0.3, -0.25) is 0 Å². The molecule has 3 nitrogen and oxygen atoms in total. The second-order valence-electron chi connectivity index (χ2n) is 3.79. The van der Waals surface area contributed by atoms with Crippen LogP contribution in [0.15, 0.2) is 30.4 Å². The molecule has 0 saturated heterocycles. The van der Waals surface area contributed by atoms with Crippen molar-refractivity contribution in [3.63, 3.8) is 0 Å². The molecule has 0 saturated carbocycles. The highest BCUT2D eigenvalue weighted by molar-refractivity contribution is 5.86. The number of hydrogen-bond donors (Lipinski definition) is 2. The molecule has 0 spiro atoms. The number of anilines is 1. The highest BCUT2D eigenvalue weighted by Gasteiger charge is 2.30. The van der Waals surface area contributed by atoms with Crippen LogP contribution in [-0.2, 0) is 11.0 Å². The van der Waals surface area contributed by atoms with Crippen LogP contribution in [0.3, 0.4) is 0 Å². The summed E-state index contributed by atoms with van der Waals surface area (Å²) in [4.78, 5) is 10.5. The Morgan fingerprint density at radius 1 is 1.44 bits per heavy atom. The van der Waals surface area contributed by atoms with Gasteiger partial charge < -0.3 is 10.4 Å². The van der Waals surface area contributed by atoms with Gasteiger partial charge in [0.2, 0.25) is 0 Å². The molecule has 2 N–H and O–H groups in total. The molecule has 0 aromatic heterocycles. The van der Waals surface area contributed by atoms with E-state index >= 15 is 0 Å². The summed E-state index contributed by atoms with van der Waals surface area (Å²) in [5.41, 5.74) is -0.0586. The van der Waals surface area contributed by atoms with Gasteiger partial charge in [0.15, 0.2) is 0 Å². The molecule has 0 radical (unpaired) electrons. The van der Waals surface area contributed by atoms with Crippen LogP contribution in [0.1, 0.15) is 11.1 Å². The minimum absolute atomic E-state index is 0.114. The van der Waals surface area contributed by atoms with Gasteiger partial charge in [0.05, 0.1) is 5.56 Å². The van der Waals surface area contributed by atoms with Crippen molar-refractivity contribution in [1.29, 1.82) is 0 Å². The molecular formula is C12H12F3NO2. The second kappa shape index (κ2) is 5.12. The van der Waals surface area contributed by atoms with Crippen LogP contribution < -0.4 is 5.32 Å². The molecular weight excluding hydrogens is 247 g/mol. The zero-order chi connectivity index (χ0) is 13.9. The topological polar surface area (TPSA) is 49.3 Å². The fourth-order valence-corrected chi connectivity index (χ4v) is 1.27. The molecule has 18 heavy (non-hydrogen) atoms. The van der Waals surface area contributed by atoms with Crippen molar-refractivity contribution in [1.82, 2.24) is 0 Å². The van der Waals surface area contributed by atoms with Crippen molar-refractivity contribution in [3.05, 3.63) is 41.5 Å². The molecule has 98 valence electrons. The van der Waals surface area contributed by atoms with E-state index in [1.165, 1.54) is 6.07 Å². The van der Waals surface area contributed by atoms with E-state index in [1.54, 1.807) is 6.92 Å². The quantitative estimate of drug-likeness (QED) is 0.817. The Bertz CT molecular complexity index is 481. The Labute approximate surface area is 102 Å². The average molecular weight is 259 g/mol. The first kappa shape index (κ1) is 14.1. The standard InChI is InChI=1S/C12H12F3NO2/c1-7-3-4-9(12(13,14)15)5-10(7)16-6-8(2)11(17)18/h3-5,16H,2,6H2,1H3,(H,17,18). The molecule has 0 atom stereocenters. The number of benzene rings is 1. The number of nitrogens with one attached hydrogen (secondary N) is 1. The number of rotatable bonds is 4. The van der Waals surface area contributed by atoms with Gasteiger partial charge in [0.25, 0.3) is 0 Å². The molecule has 0 aliphatic heterocycles. The van der Waals surface area contributed by atoms with E-state index < -0.39 is 17.7 Å². The molecule has 1 aromatic carbocycles. The highest BCUT2D eigenvalue weighted by atomic mass is 19.4. The second-order valence-corrected chi connectivity index (χ2v) is 3.79. The molecule has 0 amide bonds. The van der Waals surface area contributed by atoms with Crippen LogP contribution >= 0.6 is 0 Å². The Hall–Kier alpha value is -1.98. The van der Waals surface area contributed by atoms with Gasteiger partial charge in [0, 0.05) is 17.8 Å². The van der Waals surface area contributed by atoms with Gasteiger partial charge in [-0.05, 0) is 24.6 Å². The maximum absolute atomic E-state index is 12.5. The van der Waals surface area contributed by atoms with Crippen LogP contribution in [0.2, 0.25) is 0 Å². The molecule has 6 heteroatoms. The van der Waals surface area contributed by atoms with E-state index in [0.29, 0.717) is 5.56 Å².